The molecule has 92 valence electrons. The number of rotatable bonds is 3. The summed E-state index contributed by atoms with van der Waals surface area (Å²) in [5.74, 6) is 1.57. The van der Waals surface area contributed by atoms with E-state index in [4.69, 9.17) is 0 Å². The number of aromatic amines is 1. The monoisotopic (exact) mass is 232 g/mol. The van der Waals surface area contributed by atoms with E-state index in [1.165, 1.54) is 0 Å². The van der Waals surface area contributed by atoms with Gasteiger partial charge in [0.05, 0.1) is 5.69 Å². The van der Waals surface area contributed by atoms with Crippen molar-refractivity contribution in [1.29, 1.82) is 0 Å². The zero-order chi connectivity index (χ0) is 12.4. The third kappa shape index (κ3) is 2.48. The molecule has 1 N–H and O–H groups in total. The van der Waals surface area contributed by atoms with Gasteiger partial charge in [-0.2, -0.15) is 0 Å². The maximum atomic E-state index is 11.9. The summed E-state index contributed by atoms with van der Waals surface area (Å²) in [6, 6.07) is 0. The summed E-state index contributed by atoms with van der Waals surface area (Å²) in [6.07, 6.45) is 7.11. The summed E-state index contributed by atoms with van der Waals surface area (Å²) >= 11 is 0. The standard InChI is InChI=1S/C14H20N2O/c1-4-9(2)5-8-12-15-11-7-6-10(3)13(11)14(17)16-12/h5,8-10H,4,6-7H2,1-3H3,(H,15,16,17)/b8-5+. The zero-order valence-corrected chi connectivity index (χ0v) is 10.8. The van der Waals surface area contributed by atoms with Crippen molar-refractivity contribution in [3.05, 3.63) is 33.5 Å². The van der Waals surface area contributed by atoms with Gasteiger partial charge in [0, 0.05) is 5.56 Å². The average Bonchev–Trinajstić information content (AvgIpc) is 2.68. The van der Waals surface area contributed by atoms with Gasteiger partial charge in [0.15, 0.2) is 0 Å². The van der Waals surface area contributed by atoms with Crippen molar-refractivity contribution in [3.8, 4) is 0 Å². The van der Waals surface area contributed by atoms with Crippen LogP contribution in [0.1, 0.15) is 56.6 Å². The van der Waals surface area contributed by atoms with E-state index in [9.17, 15) is 4.79 Å². The van der Waals surface area contributed by atoms with Gasteiger partial charge in [-0.1, -0.05) is 33.3 Å². The van der Waals surface area contributed by atoms with Crippen molar-refractivity contribution >= 4 is 6.08 Å². The van der Waals surface area contributed by atoms with Crippen molar-refractivity contribution in [3.63, 3.8) is 0 Å². The highest BCUT2D eigenvalue weighted by molar-refractivity contribution is 5.42. The van der Waals surface area contributed by atoms with Crippen LogP contribution in [-0.4, -0.2) is 9.97 Å². The second-order valence-electron chi connectivity index (χ2n) is 5.00. The largest absolute Gasteiger partial charge is 0.307 e. The van der Waals surface area contributed by atoms with E-state index in [0.29, 0.717) is 17.7 Å². The topological polar surface area (TPSA) is 45.8 Å². The predicted octanol–water partition coefficient (Wildman–Crippen LogP) is 2.88. The number of hydrogen-bond donors (Lipinski definition) is 1. The first-order valence-electron chi connectivity index (χ1n) is 6.43. The van der Waals surface area contributed by atoms with Gasteiger partial charge < -0.3 is 4.98 Å². The van der Waals surface area contributed by atoms with Gasteiger partial charge in [0.25, 0.3) is 5.56 Å². The first-order chi connectivity index (χ1) is 8.11. The van der Waals surface area contributed by atoms with Crippen LogP contribution in [0.3, 0.4) is 0 Å². The fraction of sp³-hybridized carbons (Fsp3) is 0.571. The van der Waals surface area contributed by atoms with Crippen molar-refractivity contribution in [1.82, 2.24) is 9.97 Å². The fourth-order valence-corrected chi connectivity index (χ4v) is 2.22. The molecule has 1 heterocycles. The lowest BCUT2D eigenvalue weighted by molar-refractivity contribution is 0.701. The SMILES string of the molecule is CCC(C)/C=C/c1nc2c(c(=O)[nH]1)C(C)CC2. The van der Waals surface area contributed by atoms with E-state index in [1.54, 1.807) is 0 Å². The first-order valence-corrected chi connectivity index (χ1v) is 6.43. The Kier molecular flexibility index (Phi) is 3.46. The molecule has 0 spiro atoms. The molecule has 0 saturated carbocycles. The molecule has 0 aromatic carbocycles. The molecule has 1 aliphatic carbocycles. The molecule has 17 heavy (non-hydrogen) atoms. The molecule has 0 aliphatic heterocycles. The van der Waals surface area contributed by atoms with Gasteiger partial charge in [-0.15, -0.1) is 0 Å². The number of aryl methyl sites for hydroxylation is 1. The number of hydrogen-bond acceptors (Lipinski definition) is 2. The Bertz CT molecular complexity index is 487. The summed E-state index contributed by atoms with van der Waals surface area (Å²) in [7, 11) is 0. The molecule has 2 rings (SSSR count). The van der Waals surface area contributed by atoms with Crippen LogP contribution < -0.4 is 5.56 Å². The van der Waals surface area contributed by atoms with Crippen LogP contribution in [0.4, 0.5) is 0 Å². The van der Waals surface area contributed by atoms with Crippen molar-refractivity contribution in [2.24, 2.45) is 5.92 Å². The molecule has 2 atom stereocenters. The summed E-state index contributed by atoms with van der Waals surface area (Å²) in [6.45, 7) is 6.40. The van der Waals surface area contributed by atoms with E-state index >= 15 is 0 Å². The molecule has 1 aliphatic rings. The maximum Gasteiger partial charge on any atom is 0.254 e. The van der Waals surface area contributed by atoms with E-state index in [-0.39, 0.29) is 5.56 Å². The Morgan fingerprint density at radius 3 is 3.06 bits per heavy atom. The summed E-state index contributed by atoms with van der Waals surface area (Å²) in [4.78, 5) is 19.3. The van der Waals surface area contributed by atoms with Crippen molar-refractivity contribution in [2.45, 2.75) is 46.0 Å². The van der Waals surface area contributed by atoms with E-state index < -0.39 is 0 Å². The van der Waals surface area contributed by atoms with Crippen LogP contribution in [0, 0.1) is 5.92 Å². The molecule has 0 bridgehead atoms. The molecule has 0 amide bonds. The molecular weight excluding hydrogens is 212 g/mol. The summed E-state index contributed by atoms with van der Waals surface area (Å²) in [5.41, 5.74) is 1.93. The second-order valence-corrected chi connectivity index (χ2v) is 5.00. The molecule has 0 fully saturated rings. The van der Waals surface area contributed by atoms with Crippen LogP contribution in [0.5, 0.6) is 0 Å². The van der Waals surface area contributed by atoms with Gasteiger partial charge in [-0.05, 0) is 30.8 Å². The van der Waals surface area contributed by atoms with E-state index in [2.05, 4.69) is 36.8 Å². The van der Waals surface area contributed by atoms with Gasteiger partial charge in [-0.3, -0.25) is 4.79 Å². The summed E-state index contributed by atoms with van der Waals surface area (Å²) in [5, 5.41) is 0. The highest BCUT2D eigenvalue weighted by atomic mass is 16.1. The Labute approximate surface area is 102 Å². The quantitative estimate of drug-likeness (QED) is 0.871. The lowest BCUT2D eigenvalue weighted by atomic mass is 10.1. The van der Waals surface area contributed by atoms with Crippen LogP contribution in [0.2, 0.25) is 0 Å². The van der Waals surface area contributed by atoms with Gasteiger partial charge in [-0.25, -0.2) is 4.98 Å². The Hall–Kier alpha value is -1.38. The highest BCUT2D eigenvalue weighted by Gasteiger charge is 2.23. The fourth-order valence-electron chi connectivity index (χ4n) is 2.22. The molecule has 3 nitrogen and oxygen atoms in total. The number of H-pyrrole nitrogens is 1. The van der Waals surface area contributed by atoms with Gasteiger partial charge >= 0.3 is 0 Å². The lowest BCUT2D eigenvalue weighted by Crippen LogP contribution is -2.16. The minimum Gasteiger partial charge on any atom is -0.307 e. The van der Waals surface area contributed by atoms with E-state index in [1.807, 2.05) is 6.08 Å². The van der Waals surface area contributed by atoms with Gasteiger partial charge in [0.1, 0.15) is 5.82 Å². The van der Waals surface area contributed by atoms with Crippen molar-refractivity contribution in [2.75, 3.05) is 0 Å². The Balaban J connectivity index is 2.31. The van der Waals surface area contributed by atoms with Crippen LogP contribution in [0.25, 0.3) is 6.08 Å². The van der Waals surface area contributed by atoms with Crippen LogP contribution >= 0.6 is 0 Å². The third-order valence-electron chi connectivity index (χ3n) is 3.59. The number of allylic oxidation sites excluding steroid dienone is 1. The lowest BCUT2D eigenvalue weighted by Gasteiger charge is -2.04. The van der Waals surface area contributed by atoms with Crippen molar-refractivity contribution < 1.29 is 0 Å². The maximum absolute atomic E-state index is 11.9. The molecule has 3 heteroatoms. The normalized spacial score (nSPS) is 20.8. The molecule has 1 aromatic rings. The van der Waals surface area contributed by atoms with E-state index in [0.717, 1.165) is 30.5 Å². The zero-order valence-electron chi connectivity index (χ0n) is 10.8. The molecule has 0 radical (unpaired) electrons. The average molecular weight is 232 g/mol. The molecule has 0 saturated heterocycles. The van der Waals surface area contributed by atoms with Crippen LogP contribution in [0.15, 0.2) is 10.9 Å². The second kappa shape index (κ2) is 4.86. The molecular formula is C14H20N2O. The number of nitrogens with one attached hydrogen (secondary N) is 1. The molecule has 2 unspecified atom stereocenters. The Morgan fingerprint density at radius 1 is 1.59 bits per heavy atom. The predicted molar refractivity (Wildman–Crippen MR) is 70.1 cm³/mol. The first kappa shape index (κ1) is 12.1. The minimum atomic E-state index is 0.0452. The Morgan fingerprint density at radius 2 is 2.35 bits per heavy atom. The minimum absolute atomic E-state index is 0.0452. The summed E-state index contributed by atoms with van der Waals surface area (Å²) < 4.78 is 0. The van der Waals surface area contributed by atoms with Gasteiger partial charge in [0.2, 0.25) is 0 Å². The smallest absolute Gasteiger partial charge is 0.254 e. The number of fused-ring (bicyclic) bond motifs is 1. The number of aromatic nitrogens is 2. The molecule has 1 aromatic heterocycles. The number of nitrogens with zero attached hydrogens (tertiary/aromatic N) is 1. The van der Waals surface area contributed by atoms with Crippen LogP contribution in [-0.2, 0) is 6.42 Å². The third-order valence-corrected chi connectivity index (χ3v) is 3.59. The highest BCUT2D eigenvalue weighted by Crippen LogP contribution is 2.28.